The Morgan fingerprint density at radius 2 is 2.10 bits per heavy atom. The van der Waals surface area contributed by atoms with E-state index in [0.29, 0.717) is 37.4 Å². The molecule has 2 N–H and O–H groups in total. The van der Waals surface area contributed by atoms with Gasteiger partial charge in [0.25, 0.3) is 5.91 Å². The first kappa shape index (κ1) is 28.2. The number of hydrogen-bond donors (Lipinski definition) is 2. The Morgan fingerprint density at radius 3 is 2.88 bits per heavy atom. The summed E-state index contributed by atoms with van der Waals surface area (Å²) in [5.74, 6) is 0.957. The van der Waals surface area contributed by atoms with Gasteiger partial charge in [-0.05, 0) is 66.5 Å². The molecule has 3 heterocycles. The number of ether oxygens (including phenoxy) is 2. The molecule has 2 aliphatic heterocycles. The van der Waals surface area contributed by atoms with Gasteiger partial charge in [0, 0.05) is 50.6 Å². The maximum Gasteiger partial charge on any atom is 0.251 e. The number of aliphatic hydroxyl groups excluding tert-OH is 1. The molecule has 9 nitrogen and oxygen atoms in total. The van der Waals surface area contributed by atoms with E-state index in [0.717, 1.165) is 60.1 Å². The minimum absolute atomic E-state index is 0.226. The van der Waals surface area contributed by atoms with Crippen LogP contribution >= 0.6 is 0 Å². The van der Waals surface area contributed by atoms with E-state index >= 15 is 0 Å². The summed E-state index contributed by atoms with van der Waals surface area (Å²) in [5, 5.41) is 22.9. The number of nitrogens with zero attached hydrogens (tertiary/aromatic N) is 4. The van der Waals surface area contributed by atoms with Crippen LogP contribution in [0.3, 0.4) is 0 Å². The quantitative estimate of drug-likeness (QED) is 0.478. The highest BCUT2D eigenvalue weighted by molar-refractivity contribution is 5.80. The normalized spacial score (nSPS) is 19.2. The second-order valence-electron chi connectivity index (χ2n) is 10.4. The lowest BCUT2D eigenvalue weighted by Gasteiger charge is -2.29. The Labute approximate surface area is 240 Å². The number of nitriles is 1. The SMILES string of the molecule is Cc1c(-c2ccc(O[C@@H]3CCN(C(=O)C(C)O)C3)c(C#N)c2)ccnc1NCC1=CC=C(N2CCOCC2)C=C=C1. The smallest absolute Gasteiger partial charge is 0.251 e. The van der Waals surface area contributed by atoms with Gasteiger partial charge in [-0.2, -0.15) is 5.26 Å². The molecular formula is C32H35N5O4. The van der Waals surface area contributed by atoms with Crippen LogP contribution in [-0.4, -0.2) is 83.9 Å². The number of aliphatic hydroxyl groups is 1. The van der Waals surface area contributed by atoms with Crippen molar-refractivity contribution in [3.05, 3.63) is 82.9 Å². The van der Waals surface area contributed by atoms with Crippen LogP contribution < -0.4 is 10.1 Å². The first-order valence-electron chi connectivity index (χ1n) is 14.0. The molecular weight excluding hydrogens is 518 g/mol. The number of pyridine rings is 1. The van der Waals surface area contributed by atoms with Crippen molar-refractivity contribution in [3.63, 3.8) is 0 Å². The summed E-state index contributed by atoms with van der Waals surface area (Å²) in [6, 6.07) is 9.78. The Bertz CT molecular complexity index is 1460. The van der Waals surface area contributed by atoms with Crippen LogP contribution in [0.1, 0.15) is 24.5 Å². The molecule has 1 amide bonds. The van der Waals surface area contributed by atoms with Crippen LogP contribution in [0.2, 0.25) is 0 Å². The lowest BCUT2D eigenvalue weighted by atomic mass is 9.99. The van der Waals surface area contributed by atoms with Gasteiger partial charge in [-0.3, -0.25) is 4.79 Å². The van der Waals surface area contributed by atoms with Crippen LogP contribution in [0.15, 0.2) is 71.8 Å². The van der Waals surface area contributed by atoms with E-state index in [9.17, 15) is 15.2 Å². The van der Waals surface area contributed by atoms with Crippen molar-refractivity contribution in [1.82, 2.24) is 14.8 Å². The first-order valence-corrected chi connectivity index (χ1v) is 14.0. The van der Waals surface area contributed by atoms with Crippen molar-refractivity contribution >= 4 is 11.7 Å². The van der Waals surface area contributed by atoms with Gasteiger partial charge in [-0.1, -0.05) is 12.1 Å². The zero-order chi connectivity index (χ0) is 28.8. The van der Waals surface area contributed by atoms with E-state index < -0.39 is 6.10 Å². The Morgan fingerprint density at radius 1 is 1.27 bits per heavy atom. The number of amides is 1. The summed E-state index contributed by atoms with van der Waals surface area (Å²) in [6.45, 7) is 8.23. The van der Waals surface area contributed by atoms with Gasteiger partial charge >= 0.3 is 0 Å². The zero-order valence-electron chi connectivity index (χ0n) is 23.5. The van der Waals surface area contributed by atoms with E-state index in [1.807, 2.05) is 43.3 Å². The van der Waals surface area contributed by atoms with Crippen LogP contribution in [0.4, 0.5) is 5.82 Å². The lowest BCUT2D eigenvalue weighted by Crippen LogP contribution is -2.37. The molecule has 0 spiro atoms. The molecule has 212 valence electrons. The largest absolute Gasteiger partial charge is 0.487 e. The Kier molecular flexibility index (Phi) is 8.85. The minimum Gasteiger partial charge on any atom is -0.487 e. The Hall–Kier alpha value is -4.35. The highest BCUT2D eigenvalue weighted by Gasteiger charge is 2.30. The summed E-state index contributed by atoms with van der Waals surface area (Å²) in [7, 11) is 0. The molecule has 1 unspecified atom stereocenters. The number of likely N-dealkylation sites (tertiary alicyclic amines) is 1. The highest BCUT2D eigenvalue weighted by atomic mass is 16.5. The van der Waals surface area contributed by atoms with Crippen LogP contribution in [0, 0.1) is 18.3 Å². The molecule has 2 saturated heterocycles. The van der Waals surface area contributed by atoms with E-state index in [4.69, 9.17) is 9.47 Å². The average Bonchev–Trinajstić information content (AvgIpc) is 3.33. The molecule has 0 bridgehead atoms. The van der Waals surface area contributed by atoms with E-state index in [-0.39, 0.29) is 12.0 Å². The van der Waals surface area contributed by atoms with Gasteiger partial charge in [0.2, 0.25) is 0 Å². The molecule has 5 rings (SSSR count). The number of aromatic nitrogens is 1. The van der Waals surface area contributed by atoms with E-state index in [1.54, 1.807) is 11.1 Å². The first-order chi connectivity index (χ1) is 19.9. The molecule has 1 aromatic carbocycles. The topological polar surface area (TPSA) is 111 Å². The van der Waals surface area contributed by atoms with Gasteiger partial charge in [0.15, 0.2) is 0 Å². The minimum atomic E-state index is -1.03. The molecule has 1 aromatic heterocycles. The molecule has 2 atom stereocenters. The van der Waals surface area contributed by atoms with Gasteiger partial charge in [0.1, 0.15) is 29.8 Å². The molecule has 2 aromatic rings. The number of carbonyl (C=O) groups is 1. The van der Waals surface area contributed by atoms with Crippen LogP contribution in [0.5, 0.6) is 5.75 Å². The average molecular weight is 554 g/mol. The fourth-order valence-electron chi connectivity index (χ4n) is 5.22. The molecule has 3 aliphatic rings. The zero-order valence-corrected chi connectivity index (χ0v) is 23.5. The van der Waals surface area contributed by atoms with Crippen LogP contribution in [0.25, 0.3) is 11.1 Å². The van der Waals surface area contributed by atoms with E-state index in [2.05, 4.69) is 39.2 Å². The standard InChI is InChI=1S/C32H35N5O4/c1-22-29(25-7-9-30(26(18-25)19-33)41-28-11-13-37(21-28)32(39)23(2)38)10-12-34-31(22)35-20-24-4-3-5-27(8-6-24)36-14-16-40-17-15-36/h4-10,12,18,23,28,38H,11,13-17,20-21H2,1-2H3,(H,34,35)/t23?,28-/m1/s1. The third-order valence-corrected chi connectivity index (χ3v) is 7.53. The predicted octanol–water partition coefficient (Wildman–Crippen LogP) is 3.57. The van der Waals surface area contributed by atoms with Crippen molar-refractivity contribution in [2.75, 3.05) is 51.3 Å². The Balaban J connectivity index is 1.26. The second kappa shape index (κ2) is 12.9. The number of rotatable bonds is 8. The van der Waals surface area contributed by atoms with Crippen molar-refractivity contribution in [3.8, 4) is 22.9 Å². The summed E-state index contributed by atoms with van der Waals surface area (Å²) in [6.07, 6.45) is 9.38. The summed E-state index contributed by atoms with van der Waals surface area (Å²) in [5.41, 5.74) is 8.78. The number of carbonyl (C=O) groups excluding carboxylic acids is 1. The third-order valence-electron chi connectivity index (χ3n) is 7.53. The summed E-state index contributed by atoms with van der Waals surface area (Å²) < 4.78 is 11.6. The monoisotopic (exact) mass is 553 g/mol. The number of allylic oxidation sites excluding steroid dienone is 3. The fraction of sp³-hybridized carbons (Fsp3) is 0.375. The number of anilines is 1. The molecule has 0 saturated carbocycles. The van der Waals surface area contributed by atoms with Gasteiger partial charge in [-0.15, -0.1) is 5.73 Å². The summed E-state index contributed by atoms with van der Waals surface area (Å²) in [4.78, 5) is 20.6. The summed E-state index contributed by atoms with van der Waals surface area (Å²) >= 11 is 0. The molecule has 0 radical (unpaired) electrons. The van der Waals surface area contributed by atoms with Crippen molar-refractivity contribution in [2.24, 2.45) is 0 Å². The maximum absolute atomic E-state index is 12.1. The van der Waals surface area contributed by atoms with Crippen molar-refractivity contribution < 1.29 is 19.4 Å². The molecule has 41 heavy (non-hydrogen) atoms. The molecule has 9 heteroatoms. The van der Waals surface area contributed by atoms with Gasteiger partial charge in [0.05, 0.1) is 25.3 Å². The third kappa shape index (κ3) is 6.69. The van der Waals surface area contributed by atoms with Crippen molar-refractivity contribution in [2.45, 2.75) is 32.5 Å². The highest BCUT2D eigenvalue weighted by Crippen LogP contribution is 2.32. The number of morpholine rings is 1. The second-order valence-corrected chi connectivity index (χ2v) is 10.4. The molecule has 1 aliphatic carbocycles. The number of hydrogen-bond acceptors (Lipinski definition) is 8. The van der Waals surface area contributed by atoms with Crippen molar-refractivity contribution in [1.29, 1.82) is 5.26 Å². The maximum atomic E-state index is 12.1. The van der Waals surface area contributed by atoms with Gasteiger partial charge in [-0.25, -0.2) is 4.98 Å². The van der Waals surface area contributed by atoms with Gasteiger partial charge < -0.3 is 29.7 Å². The number of nitrogens with one attached hydrogen (secondary N) is 1. The number of benzene rings is 1. The molecule has 2 fully saturated rings. The predicted molar refractivity (Wildman–Crippen MR) is 156 cm³/mol. The van der Waals surface area contributed by atoms with E-state index in [1.165, 1.54) is 6.92 Å². The fourth-order valence-corrected chi connectivity index (χ4v) is 5.22. The van der Waals surface area contributed by atoms with Crippen LogP contribution in [-0.2, 0) is 9.53 Å². The lowest BCUT2D eigenvalue weighted by molar-refractivity contribution is -0.138.